The molecule has 2 aromatic rings. The fourth-order valence-corrected chi connectivity index (χ4v) is 7.40. The van der Waals surface area contributed by atoms with Crippen molar-refractivity contribution in [3.63, 3.8) is 0 Å². The van der Waals surface area contributed by atoms with Crippen molar-refractivity contribution in [1.29, 1.82) is 0 Å². The van der Waals surface area contributed by atoms with Crippen molar-refractivity contribution in [3.8, 4) is 0 Å². The summed E-state index contributed by atoms with van der Waals surface area (Å²) in [4.78, 5) is 31.3. The Labute approximate surface area is 186 Å². The molecule has 8 rings (SSSR count). The second kappa shape index (κ2) is 6.98. The lowest BCUT2D eigenvalue weighted by Gasteiger charge is -2.57. The van der Waals surface area contributed by atoms with Gasteiger partial charge in [-0.2, -0.15) is 9.78 Å². The van der Waals surface area contributed by atoms with Crippen LogP contribution in [-0.2, 0) is 19.3 Å². The number of para-hydroxylation sites is 1. The molecule has 6 aliphatic rings. The van der Waals surface area contributed by atoms with Gasteiger partial charge in [-0.3, -0.25) is 0 Å². The average Bonchev–Trinajstić information content (AvgIpc) is 3.37. The van der Waals surface area contributed by atoms with Gasteiger partial charge in [-0.15, -0.1) is 5.10 Å². The highest BCUT2D eigenvalue weighted by molar-refractivity contribution is 5.75. The zero-order valence-corrected chi connectivity index (χ0v) is 18.2. The molecule has 5 saturated carbocycles. The van der Waals surface area contributed by atoms with E-state index in [0.29, 0.717) is 29.3 Å². The van der Waals surface area contributed by atoms with E-state index in [0.717, 1.165) is 37.5 Å². The van der Waals surface area contributed by atoms with E-state index >= 15 is 0 Å². The van der Waals surface area contributed by atoms with Gasteiger partial charge < -0.3 is 9.57 Å². The molecule has 2 spiro atoms. The fraction of sp³-hybridized carbons (Fsp3) is 0.708. The van der Waals surface area contributed by atoms with Crippen molar-refractivity contribution in [2.45, 2.75) is 75.8 Å². The molecule has 6 fully saturated rings. The summed E-state index contributed by atoms with van der Waals surface area (Å²) in [6.45, 7) is 0. The standard InChI is InChI=1S/C24H29N3O5/c28-22(29-27-21-4-2-1-3-20(21)25-26-27)14-15-5-7-23(8-6-15)30-24(32-31-23)18-10-16-9-17(12-18)13-19(24)11-16/h1-4,15-19H,5-14H2. The van der Waals surface area contributed by atoms with Crippen LogP contribution in [0.1, 0.15) is 64.2 Å². The number of hydrogen-bond acceptors (Lipinski definition) is 7. The van der Waals surface area contributed by atoms with Gasteiger partial charge in [0.15, 0.2) is 0 Å². The van der Waals surface area contributed by atoms with E-state index in [-0.39, 0.29) is 11.9 Å². The number of aromatic nitrogens is 3. The summed E-state index contributed by atoms with van der Waals surface area (Å²) in [5.41, 5.74) is 1.39. The molecule has 8 nitrogen and oxygen atoms in total. The predicted molar refractivity (Wildman–Crippen MR) is 111 cm³/mol. The molecule has 0 unspecified atom stereocenters. The topological polar surface area (TPSA) is 84.7 Å². The minimum Gasteiger partial charge on any atom is -0.317 e. The third-order valence-electron chi connectivity index (χ3n) is 8.78. The molecule has 0 N–H and O–H groups in total. The van der Waals surface area contributed by atoms with E-state index < -0.39 is 11.6 Å². The van der Waals surface area contributed by atoms with Gasteiger partial charge in [0.25, 0.3) is 0 Å². The molecule has 1 aromatic heterocycles. The molecule has 0 radical (unpaired) electrons. The molecule has 0 atom stereocenters. The van der Waals surface area contributed by atoms with Gasteiger partial charge in [0, 0.05) is 24.7 Å². The molecule has 1 aliphatic heterocycles. The lowest BCUT2D eigenvalue weighted by Crippen LogP contribution is -2.59. The number of ether oxygens (including phenoxy) is 1. The Hall–Kier alpha value is -2.03. The SMILES string of the molecule is O=C(CC1CCC2(CC1)OOC1(O2)C2CC3CC(C2)CC1C3)On1nnc2ccccc21. The van der Waals surface area contributed by atoms with Gasteiger partial charge in [-0.1, -0.05) is 17.0 Å². The molecule has 4 bridgehead atoms. The molecule has 2 heterocycles. The van der Waals surface area contributed by atoms with E-state index in [1.54, 1.807) is 0 Å². The highest BCUT2D eigenvalue weighted by Gasteiger charge is 2.66. The first-order chi connectivity index (χ1) is 15.6. The molecular formula is C24H29N3O5. The zero-order chi connectivity index (χ0) is 21.3. The monoisotopic (exact) mass is 439 g/mol. The summed E-state index contributed by atoms with van der Waals surface area (Å²) in [6.07, 6.45) is 9.85. The number of fused-ring (bicyclic) bond motifs is 1. The van der Waals surface area contributed by atoms with Crippen LogP contribution in [0.2, 0.25) is 0 Å². The molecule has 0 amide bonds. The molecule has 1 saturated heterocycles. The molecule has 32 heavy (non-hydrogen) atoms. The van der Waals surface area contributed by atoms with Crippen LogP contribution in [0.5, 0.6) is 0 Å². The van der Waals surface area contributed by atoms with Crippen LogP contribution in [0.3, 0.4) is 0 Å². The van der Waals surface area contributed by atoms with Crippen LogP contribution < -0.4 is 4.84 Å². The minimum absolute atomic E-state index is 0.241. The van der Waals surface area contributed by atoms with Crippen molar-refractivity contribution in [1.82, 2.24) is 15.2 Å². The average molecular weight is 440 g/mol. The first kappa shape index (κ1) is 19.4. The van der Waals surface area contributed by atoms with E-state index in [4.69, 9.17) is 19.3 Å². The van der Waals surface area contributed by atoms with E-state index in [1.165, 1.54) is 36.9 Å². The number of hydrogen-bond donors (Lipinski definition) is 0. The highest BCUT2D eigenvalue weighted by Crippen LogP contribution is 2.63. The molecule has 1 aromatic carbocycles. The maximum atomic E-state index is 12.5. The summed E-state index contributed by atoms with van der Waals surface area (Å²) in [7, 11) is 0. The first-order valence-corrected chi connectivity index (χ1v) is 12.2. The predicted octanol–water partition coefficient (Wildman–Crippen LogP) is 3.79. The van der Waals surface area contributed by atoms with Crippen LogP contribution in [-0.4, -0.2) is 32.7 Å². The fourth-order valence-electron chi connectivity index (χ4n) is 7.40. The van der Waals surface area contributed by atoms with Crippen molar-refractivity contribution in [3.05, 3.63) is 24.3 Å². The maximum absolute atomic E-state index is 12.5. The van der Waals surface area contributed by atoms with E-state index in [2.05, 4.69) is 10.3 Å². The minimum atomic E-state index is -0.641. The second-order valence-electron chi connectivity index (χ2n) is 10.8. The number of rotatable bonds is 3. The Balaban J connectivity index is 0.976. The van der Waals surface area contributed by atoms with Gasteiger partial charge in [0.1, 0.15) is 11.0 Å². The van der Waals surface area contributed by atoms with Crippen molar-refractivity contribution >= 4 is 17.0 Å². The van der Waals surface area contributed by atoms with Crippen LogP contribution in [0.25, 0.3) is 11.0 Å². The van der Waals surface area contributed by atoms with Crippen LogP contribution in [0, 0.1) is 29.6 Å². The largest absolute Gasteiger partial charge is 0.335 e. The Morgan fingerprint density at radius 3 is 2.50 bits per heavy atom. The lowest BCUT2D eigenvalue weighted by atomic mass is 9.53. The van der Waals surface area contributed by atoms with E-state index in [1.807, 2.05) is 24.3 Å². The molecular weight excluding hydrogens is 410 g/mol. The van der Waals surface area contributed by atoms with Crippen molar-refractivity contribution in [2.24, 2.45) is 29.6 Å². The van der Waals surface area contributed by atoms with E-state index in [9.17, 15) is 4.79 Å². The normalized spacial score (nSPS) is 42.3. The number of nitrogens with zero attached hydrogens (tertiary/aromatic N) is 3. The van der Waals surface area contributed by atoms with Gasteiger partial charge in [-0.25, -0.2) is 4.79 Å². The molecule has 5 aliphatic carbocycles. The molecule has 170 valence electrons. The smallest absolute Gasteiger partial charge is 0.317 e. The van der Waals surface area contributed by atoms with Crippen LogP contribution in [0.4, 0.5) is 0 Å². The number of carbonyl (C=O) groups excluding carboxylic acids is 1. The van der Waals surface area contributed by atoms with Gasteiger partial charge >= 0.3 is 5.97 Å². The summed E-state index contributed by atoms with van der Waals surface area (Å²) in [6, 6.07) is 7.43. The van der Waals surface area contributed by atoms with Gasteiger partial charge in [0.05, 0.1) is 6.42 Å². The first-order valence-electron chi connectivity index (χ1n) is 12.2. The second-order valence-corrected chi connectivity index (χ2v) is 10.8. The number of benzene rings is 1. The Morgan fingerprint density at radius 1 is 1.03 bits per heavy atom. The summed E-state index contributed by atoms with van der Waals surface area (Å²) >= 11 is 0. The van der Waals surface area contributed by atoms with Crippen molar-refractivity contribution < 1.29 is 24.1 Å². The summed E-state index contributed by atoms with van der Waals surface area (Å²) in [5, 5.41) is 7.97. The quantitative estimate of drug-likeness (QED) is 0.531. The number of carbonyl (C=O) groups is 1. The Morgan fingerprint density at radius 2 is 1.75 bits per heavy atom. The zero-order valence-electron chi connectivity index (χ0n) is 18.2. The summed E-state index contributed by atoms with van der Waals surface area (Å²) in [5.74, 6) is 1.46. The molecule has 8 heteroatoms. The van der Waals surface area contributed by atoms with Crippen LogP contribution >= 0.6 is 0 Å². The van der Waals surface area contributed by atoms with Crippen molar-refractivity contribution in [2.75, 3.05) is 0 Å². The van der Waals surface area contributed by atoms with Gasteiger partial charge in [-0.05, 0) is 80.0 Å². The summed E-state index contributed by atoms with van der Waals surface area (Å²) < 4.78 is 6.76. The van der Waals surface area contributed by atoms with Crippen LogP contribution in [0.15, 0.2) is 24.3 Å². The Bertz CT molecular complexity index is 1020. The Kier molecular flexibility index (Phi) is 4.24. The highest BCUT2D eigenvalue weighted by atomic mass is 17.3. The third-order valence-corrected chi connectivity index (χ3v) is 8.78. The maximum Gasteiger partial charge on any atom is 0.335 e. The lowest BCUT2D eigenvalue weighted by molar-refractivity contribution is -0.390. The van der Waals surface area contributed by atoms with Gasteiger partial charge in [0.2, 0.25) is 11.6 Å². The third kappa shape index (κ3) is 2.96.